The summed E-state index contributed by atoms with van der Waals surface area (Å²) in [5, 5.41) is 6.42. The van der Waals surface area contributed by atoms with Crippen LogP contribution in [0.5, 0.6) is 0 Å². The number of hydrogen-bond acceptors (Lipinski definition) is 4. The number of carbonyl (C=O) groups is 1. The number of carbonyl (C=O) groups excluding carboxylic acids is 1. The Balaban J connectivity index is 1.73. The van der Waals surface area contributed by atoms with Gasteiger partial charge >= 0.3 is 0 Å². The lowest BCUT2D eigenvalue weighted by atomic mass is 10.1. The minimum atomic E-state index is 0.0794. The molecule has 0 bridgehead atoms. The molecule has 2 heterocycles. The van der Waals surface area contributed by atoms with Gasteiger partial charge in [0.2, 0.25) is 5.91 Å². The molecular formula is C13H16N2O2S. The van der Waals surface area contributed by atoms with Crippen molar-refractivity contribution in [3.05, 3.63) is 18.2 Å². The quantitative estimate of drug-likeness (QED) is 0.860. The highest BCUT2D eigenvalue weighted by Crippen LogP contribution is 2.33. The second kappa shape index (κ2) is 5.20. The van der Waals surface area contributed by atoms with E-state index in [1.807, 2.05) is 6.07 Å². The molecule has 18 heavy (non-hydrogen) atoms. The smallest absolute Gasteiger partial charge is 0.234 e. The van der Waals surface area contributed by atoms with Crippen LogP contribution in [0.1, 0.15) is 12.8 Å². The number of fused-ring (bicyclic) bond motifs is 1. The zero-order valence-corrected chi connectivity index (χ0v) is 10.9. The molecule has 0 unspecified atom stereocenters. The van der Waals surface area contributed by atoms with Crippen molar-refractivity contribution in [1.29, 1.82) is 0 Å². The van der Waals surface area contributed by atoms with Gasteiger partial charge in [-0.15, -0.1) is 11.8 Å². The van der Waals surface area contributed by atoms with E-state index in [1.54, 1.807) is 11.8 Å². The number of ether oxygens (including phenoxy) is 1. The fourth-order valence-electron chi connectivity index (χ4n) is 2.25. The zero-order chi connectivity index (χ0) is 12.4. The van der Waals surface area contributed by atoms with Crippen LogP contribution in [0.15, 0.2) is 23.1 Å². The van der Waals surface area contributed by atoms with E-state index in [4.69, 9.17) is 4.74 Å². The van der Waals surface area contributed by atoms with E-state index in [-0.39, 0.29) is 5.91 Å². The summed E-state index contributed by atoms with van der Waals surface area (Å²) in [6.45, 7) is 1.66. The first kappa shape index (κ1) is 11.9. The molecule has 1 aromatic carbocycles. The molecule has 5 heteroatoms. The maximum absolute atomic E-state index is 11.4. The molecule has 96 valence electrons. The third-order valence-electron chi connectivity index (χ3n) is 3.20. The maximum atomic E-state index is 11.4. The van der Waals surface area contributed by atoms with Crippen molar-refractivity contribution in [3.63, 3.8) is 0 Å². The monoisotopic (exact) mass is 264 g/mol. The van der Waals surface area contributed by atoms with Crippen LogP contribution in [-0.2, 0) is 9.53 Å². The number of nitrogens with one attached hydrogen (secondary N) is 2. The van der Waals surface area contributed by atoms with Crippen molar-refractivity contribution in [2.75, 3.05) is 29.6 Å². The Morgan fingerprint density at radius 2 is 2.17 bits per heavy atom. The van der Waals surface area contributed by atoms with Gasteiger partial charge < -0.3 is 15.4 Å². The van der Waals surface area contributed by atoms with Gasteiger partial charge in [0.25, 0.3) is 0 Å². The minimum Gasteiger partial charge on any atom is -0.382 e. The first-order chi connectivity index (χ1) is 8.81. The predicted molar refractivity (Wildman–Crippen MR) is 73.3 cm³/mol. The van der Waals surface area contributed by atoms with Crippen LogP contribution < -0.4 is 10.6 Å². The van der Waals surface area contributed by atoms with Gasteiger partial charge in [-0.05, 0) is 31.0 Å². The summed E-state index contributed by atoms with van der Waals surface area (Å²) in [7, 11) is 0. The molecule has 0 saturated carbocycles. The molecule has 1 fully saturated rings. The second-order valence-corrected chi connectivity index (χ2v) is 5.60. The molecule has 0 aromatic heterocycles. The van der Waals surface area contributed by atoms with E-state index >= 15 is 0 Å². The summed E-state index contributed by atoms with van der Waals surface area (Å²) in [4.78, 5) is 12.5. The Kier molecular flexibility index (Phi) is 3.43. The number of rotatable bonds is 2. The van der Waals surface area contributed by atoms with Crippen LogP contribution in [0.3, 0.4) is 0 Å². The van der Waals surface area contributed by atoms with Crippen molar-refractivity contribution < 1.29 is 9.53 Å². The second-order valence-electron chi connectivity index (χ2n) is 4.58. The van der Waals surface area contributed by atoms with Crippen molar-refractivity contribution >= 4 is 29.0 Å². The number of hydrogen-bond donors (Lipinski definition) is 2. The van der Waals surface area contributed by atoms with Crippen LogP contribution >= 0.6 is 11.8 Å². The van der Waals surface area contributed by atoms with E-state index in [0.29, 0.717) is 11.8 Å². The Labute approximate surface area is 110 Å². The van der Waals surface area contributed by atoms with Crippen LogP contribution in [0.25, 0.3) is 0 Å². The van der Waals surface area contributed by atoms with Crippen LogP contribution in [0.4, 0.5) is 11.4 Å². The molecule has 1 amide bonds. The van der Waals surface area contributed by atoms with Gasteiger partial charge in [0, 0.05) is 29.8 Å². The lowest BCUT2D eigenvalue weighted by Crippen LogP contribution is -2.28. The van der Waals surface area contributed by atoms with E-state index < -0.39 is 0 Å². The van der Waals surface area contributed by atoms with Crippen molar-refractivity contribution in [1.82, 2.24) is 0 Å². The van der Waals surface area contributed by atoms with E-state index in [9.17, 15) is 4.79 Å². The van der Waals surface area contributed by atoms with Gasteiger partial charge in [-0.25, -0.2) is 0 Å². The van der Waals surface area contributed by atoms with Gasteiger partial charge in [0.05, 0.1) is 11.4 Å². The largest absolute Gasteiger partial charge is 0.382 e. The molecule has 4 nitrogen and oxygen atoms in total. The fraction of sp³-hybridized carbons (Fsp3) is 0.462. The Morgan fingerprint density at radius 1 is 1.33 bits per heavy atom. The van der Waals surface area contributed by atoms with Crippen LogP contribution in [0, 0.1) is 0 Å². The summed E-state index contributed by atoms with van der Waals surface area (Å²) in [6, 6.07) is 6.65. The van der Waals surface area contributed by atoms with Gasteiger partial charge in [-0.2, -0.15) is 0 Å². The third kappa shape index (κ3) is 2.62. The van der Waals surface area contributed by atoms with Crippen molar-refractivity contribution in [3.8, 4) is 0 Å². The summed E-state index contributed by atoms with van der Waals surface area (Å²) in [6.07, 6.45) is 2.08. The molecule has 0 atom stereocenters. The standard InChI is InChI=1S/C13H16N2O2S/c16-13-8-18-12-2-1-10(7-11(12)15-13)14-9-3-5-17-6-4-9/h1-2,7,9,14H,3-6,8H2,(H,15,16). The summed E-state index contributed by atoms with van der Waals surface area (Å²) >= 11 is 1.59. The van der Waals surface area contributed by atoms with E-state index in [1.165, 1.54) is 0 Å². The summed E-state index contributed by atoms with van der Waals surface area (Å²) in [5.74, 6) is 0.593. The minimum absolute atomic E-state index is 0.0794. The van der Waals surface area contributed by atoms with Crippen molar-refractivity contribution in [2.24, 2.45) is 0 Å². The highest BCUT2D eigenvalue weighted by Gasteiger charge is 2.17. The normalized spacial score (nSPS) is 20.1. The first-order valence-electron chi connectivity index (χ1n) is 6.22. The van der Waals surface area contributed by atoms with Gasteiger partial charge in [0.15, 0.2) is 0 Å². The molecule has 3 rings (SSSR count). The number of thioether (sulfide) groups is 1. The average molecular weight is 264 g/mol. The Morgan fingerprint density at radius 3 is 3.00 bits per heavy atom. The Bertz CT molecular complexity index is 458. The average Bonchev–Trinajstić information content (AvgIpc) is 2.39. The SMILES string of the molecule is O=C1CSc2ccc(NC3CCOCC3)cc2N1. The van der Waals surface area contributed by atoms with E-state index in [0.717, 1.165) is 42.3 Å². The molecule has 2 aliphatic heterocycles. The molecule has 0 radical (unpaired) electrons. The van der Waals surface area contributed by atoms with Gasteiger partial charge in [0.1, 0.15) is 0 Å². The topological polar surface area (TPSA) is 50.4 Å². The molecule has 2 N–H and O–H groups in total. The lowest BCUT2D eigenvalue weighted by Gasteiger charge is -2.25. The molecule has 2 aliphatic rings. The summed E-state index contributed by atoms with van der Waals surface area (Å²) in [5.41, 5.74) is 2.00. The van der Waals surface area contributed by atoms with Gasteiger partial charge in [-0.3, -0.25) is 4.79 Å². The van der Waals surface area contributed by atoms with E-state index in [2.05, 4.69) is 22.8 Å². The van der Waals surface area contributed by atoms with Crippen LogP contribution in [0.2, 0.25) is 0 Å². The maximum Gasteiger partial charge on any atom is 0.234 e. The van der Waals surface area contributed by atoms with Gasteiger partial charge in [-0.1, -0.05) is 0 Å². The fourth-order valence-corrected chi connectivity index (χ4v) is 3.04. The van der Waals surface area contributed by atoms with Crippen LogP contribution in [-0.4, -0.2) is 30.9 Å². The Hall–Kier alpha value is -1.20. The zero-order valence-electron chi connectivity index (χ0n) is 10.1. The highest BCUT2D eigenvalue weighted by atomic mass is 32.2. The molecular weight excluding hydrogens is 248 g/mol. The molecule has 1 aromatic rings. The molecule has 1 saturated heterocycles. The lowest BCUT2D eigenvalue weighted by molar-refractivity contribution is -0.113. The number of anilines is 2. The van der Waals surface area contributed by atoms with Crippen molar-refractivity contribution in [2.45, 2.75) is 23.8 Å². The number of benzene rings is 1. The highest BCUT2D eigenvalue weighted by molar-refractivity contribution is 8.00. The first-order valence-corrected chi connectivity index (χ1v) is 7.21. The molecule has 0 aliphatic carbocycles. The third-order valence-corrected chi connectivity index (χ3v) is 4.28. The predicted octanol–water partition coefficient (Wildman–Crippen LogP) is 2.32. The summed E-state index contributed by atoms with van der Waals surface area (Å²) < 4.78 is 5.34. The number of amides is 1. The molecule has 0 spiro atoms.